The standard InChI is InChI=1S/C24H28ClNO5/c1-4-5-6-11-30-19-9-7-18(8-10-19)14-21(24(28)29)26-22(27)15-31-20-12-16(2)23(25)17(3)13-20/h7-10,12-14H,4-6,11,15H2,1-3H3,(H,26,27)(H,28,29)/p-1/b21-14+. The fraction of sp³-hybridized carbons (Fsp3) is 0.333. The summed E-state index contributed by atoms with van der Waals surface area (Å²) in [5.41, 5.74) is 1.88. The highest BCUT2D eigenvalue weighted by Crippen LogP contribution is 2.25. The fourth-order valence-electron chi connectivity index (χ4n) is 2.84. The van der Waals surface area contributed by atoms with Crippen molar-refractivity contribution in [3.63, 3.8) is 0 Å². The van der Waals surface area contributed by atoms with Gasteiger partial charge in [0.1, 0.15) is 11.5 Å². The number of rotatable bonds is 11. The molecule has 7 heteroatoms. The Bertz CT molecular complexity index is 914. The Morgan fingerprint density at radius 2 is 1.68 bits per heavy atom. The van der Waals surface area contributed by atoms with Gasteiger partial charge in [-0.2, -0.15) is 0 Å². The average molecular weight is 445 g/mol. The van der Waals surface area contributed by atoms with Gasteiger partial charge < -0.3 is 24.7 Å². The predicted octanol–water partition coefficient (Wildman–Crippen LogP) is 3.81. The van der Waals surface area contributed by atoms with Crippen LogP contribution >= 0.6 is 11.6 Å². The molecule has 0 aromatic heterocycles. The van der Waals surface area contributed by atoms with Crippen molar-refractivity contribution in [3.8, 4) is 11.5 Å². The number of ether oxygens (including phenoxy) is 2. The highest BCUT2D eigenvalue weighted by atomic mass is 35.5. The lowest BCUT2D eigenvalue weighted by Gasteiger charge is -2.13. The monoisotopic (exact) mass is 444 g/mol. The molecule has 1 amide bonds. The lowest BCUT2D eigenvalue weighted by atomic mass is 10.1. The summed E-state index contributed by atoms with van der Waals surface area (Å²) >= 11 is 6.12. The van der Waals surface area contributed by atoms with Crippen LogP contribution < -0.4 is 19.9 Å². The molecule has 0 fully saturated rings. The van der Waals surface area contributed by atoms with Crippen molar-refractivity contribution in [1.29, 1.82) is 0 Å². The van der Waals surface area contributed by atoms with Crippen molar-refractivity contribution in [2.45, 2.75) is 40.0 Å². The SMILES string of the molecule is CCCCCOc1ccc(/C=C(/NC(=O)COc2cc(C)c(Cl)c(C)c2)C(=O)[O-])cc1. The molecule has 31 heavy (non-hydrogen) atoms. The molecular formula is C24H27ClNO5-. The second kappa shape index (κ2) is 12.0. The second-order valence-electron chi connectivity index (χ2n) is 7.18. The molecule has 6 nitrogen and oxygen atoms in total. The normalized spacial score (nSPS) is 11.2. The van der Waals surface area contributed by atoms with Gasteiger partial charge in [-0.25, -0.2) is 0 Å². The zero-order valence-corrected chi connectivity index (χ0v) is 18.8. The minimum absolute atomic E-state index is 0.352. The lowest BCUT2D eigenvalue weighted by Crippen LogP contribution is -2.37. The van der Waals surface area contributed by atoms with Crippen LogP contribution in [0.3, 0.4) is 0 Å². The molecular weight excluding hydrogens is 418 g/mol. The van der Waals surface area contributed by atoms with E-state index in [0.717, 1.165) is 30.4 Å². The zero-order valence-electron chi connectivity index (χ0n) is 18.0. The van der Waals surface area contributed by atoms with Gasteiger partial charge >= 0.3 is 0 Å². The number of carbonyl (C=O) groups is 2. The van der Waals surface area contributed by atoms with E-state index in [1.807, 2.05) is 13.8 Å². The number of carboxylic acid groups (broad SMARTS) is 1. The Hall–Kier alpha value is -2.99. The van der Waals surface area contributed by atoms with Gasteiger partial charge in [-0.05, 0) is 67.3 Å². The molecule has 0 saturated carbocycles. The molecule has 0 atom stereocenters. The van der Waals surface area contributed by atoms with Gasteiger partial charge in [-0.1, -0.05) is 43.5 Å². The van der Waals surface area contributed by atoms with Crippen LogP contribution in [0.25, 0.3) is 6.08 Å². The van der Waals surface area contributed by atoms with Crippen LogP contribution in [0.5, 0.6) is 11.5 Å². The van der Waals surface area contributed by atoms with E-state index in [1.165, 1.54) is 6.08 Å². The third-order valence-electron chi connectivity index (χ3n) is 4.48. The molecule has 0 aliphatic rings. The molecule has 0 aliphatic carbocycles. The first kappa shape index (κ1) is 24.3. The summed E-state index contributed by atoms with van der Waals surface area (Å²) in [6.45, 7) is 6.08. The van der Waals surface area contributed by atoms with Crippen LogP contribution in [0.1, 0.15) is 42.9 Å². The Kier molecular flexibility index (Phi) is 9.40. The zero-order chi connectivity index (χ0) is 22.8. The minimum atomic E-state index is -1.49. The van der Waals surface area contributed by atoms with Crippen LogP contribution in [0, 0.1) is 13.8 Å². The molecule has 0 unspecified atom stereocenters. The quantitative estimate of drug-likeness (QED) is 0.420. The van der Waals surface area contributed by atoms with Crippen molar-refractivity contribution in [3.05, 3.63) is 63.8 Å². The van der Waals surface area contributed by atoms with Crippen LogP contribution in [0.2, 0.25) is 5.02 Å². The summed E-state index contributed by atoms with van der Waals surface area (Å²) in [7, 11) is 0. The van der Waals surface area contributed by atoms with Crippen LogP contribution in [0.15, 0.2) is 42.1 Å². The lowest BCUT2D eigenvalue weighted by molar-refractivity contribution is -0.299. The number of carbonyl (C=O) groups excluding carboxylic acids is 2. The Morgan fingerprint density at radius 3 is 2.26 bits per heavy atom. The number of carboxylic acids is 1. The first-order chi connectivity index (χ1) is 14.8. The van der Waals surface area contributed by atoms with Gasteiger partial charge in [0.05, 0.1) is 18.3 Å². The molecule has 2 rings (SSSR count). The van der Waals surface area contributed by atoms with Crippen molar-refractivity contribution in [2.75, 3.05) is 13.2 Å². The van der Waals surface area contributed by atoms with E-state index in [4.69, 9.17) is 21.1 Å². The summed E-state index contributed by atoms with van der Waals surface area (Å²) in [5, 5.41) is 14.4. The largest absolute Gasteiger partial charge is 0.543 e. The molecule has 1 N–H and O–H groups in total. The Labute approximate surface area is 187 Å². The van der Waals surface area contributed by atoms with Gasteiger partial charge in [-0.3, -0.25) is 4.79 Å². The van der Waals surface area contributed by atoms with E-state index >= 15 is 0 Å². The topological polar surface area (TPSA) is 87.7 Å². The van der Waals surface area contributed by atoms with E-state index in [-0.39, 0.29) is 12.3 Å². The number of unbranched alkanes of at least 4 members (excludes halogenated alkanes) is 2. The summed E-state index contributed by atoms with van der Waals surface area (Å²) in [6.07, 6.45) is 4.53. The number of halogens is 1. The van der Waals surface area contributed by atoms with Gasteiger partial charge in [-0.15, -0.1) is 0 Å². The highest BCUT2D eigenvalue weighted by Gasteiger charge is 2.09. The van der Waals surface area contributed by atoms with E-state index in [0.29, 0.717) is 28.7 Å². The summed E-state index contributed by atoms with van der Waals surface area (Å²) in [6, 6.07) is 10.3. The molecule has 0 heterocycles. The first-order valence-corrected chi connectivity index (χ1v) is 10.5. The highest BCUT2D eigenvalue weighted by molar-refractivity contribution is 6.32. The molecule has 0 aliphatic heterocycles. The van der Waals surface area contributed by atoms with Crippen molar-refractivity contribution in [1.82, 2.24) is 5.32 Å². The summed E-state index contributed by atoms with van der Waals surface area (Å²) in [4.78, 5) is 23.6. The van der Waals surface area contributed by atoms with E-state index in [9.17, 15) is 14.7 Å². The predicted molar refractivity (Wildman–Crippen MR) is 119 cm³/mol. The van der Waals surface area contributed by atoms with Crippen LogP contribution in [0.4, 0.5) is 0 Å². The first-order valence-electron chi connectivity index (χ1n) is 10.2. The average Bonchev–Trinajstić information content (AvgIpc) is 2.74. The summed E-state index contributed by atoms with van der Waals surface area (Å²) in [5.74, 6) is -0.930. The Balaban J connectivity index is 1.96. The molecule has 0 saturated heterocycles. The maximum atomic E-state index is 12.2. The molecule has 2 aromatic carbocycles. The van der Waals surface area contributed by atoms with Crippen LogP contribution in [-0.2, 0) is 9.59 Å². The molecule has 2 aromatic rings. The maximum absolute atomic E-state index is 12.2. The third kappa shape index (κ3) is 7.98. The van der Waals surface area contributed by atoms with Gasteiger partial charge in [0.25, 0.3) is 5.91 Å². The molecule has 166 valence electrons. The maximum Gasteiger partial charge on any atom is 0.262 e. The molecule has 0 bridgehead atoms. The number of aryl methyl sites for hydroxylation is 2. The van der Waals surface area contributed by atoms with Crippen molar-refractivity contribution >= 4 is 29.6 Å². The van der Waals surface area contributed by atoms with Gasteiger partial charge in [0.15, 0.2) is 6.61 Å². The Morgan fingerprint density at radius 1 is 1.03 bits per heavy atom. The van der Waals surface area contributed by atoms with Crippen molar-refractivity contribution < 1.29 is 24.2 Å². The minimum Gasteiger partial charge on any atom is -0.543 e. The summed E-state index contributed by atoms with van der Waals surface area (Å²) < 4.78 is 11.1. The van der Waals surface area contributed by atoms with Gasteiger partial charge in [0, 0.05) is 5.02 Å². The molecule has 0 spiro atoms. The van der Waals surface area contributed by atoms with Crippen LogP contribution in [-0.4, -0.2) is 25.1 Å². The van der Waals surface area contributed by atoms with Gasteiger partial charge in [0.2, 0.25) is 0 Å². The van der Waals surface area contributed by atoms with E-state index in [1.54, 1.807) is 36.4 Å². The second-order valence-corrected chi connectivity index (χ2v) is 7.56. The number of hydrogen-bond donors (Lipinski definition) is 1. The van der Waals surface area contributed by atoms with E-state index < -0.39 is 11.9 Å². The number of aliphatic carboxylic acids is 1. The van der Waals surface area contributed by atoms with E-state index in [2.05, 4.69) is 12.2 Å². The number of nitrogens with one attached hydrogen (secondary N) is 1. The fourth-order valence-corrected chi connectivity index (χ4v) is 2.95. The molecule has 0 radical (unpaired) electrons. The smallest absolute Gasteiger partial charge is 0.262 e. The number of hydrogen-bond acceptors (Lipinski definition) is 5. The third-order valence-corrected chi connectivity index (χ3v) is 5.08. The number of amides is 1. The number of benzene rings is 2. The van der Waals surface area contributed by atoms with Crippen molar-refractivity contribution in [2.24, 2.45) is 0 Å².